The number of nitrogens with zero attached hydrogens (tertiary/aromatic N) is 2. The average molecular weight is 397 g/mol. The van der Waals surface area contributed by atoms with Crippen molar-refractivity contribution in [2.75, 3.05) is 7.11 Å². The molecule has 0 spiro atoms. The molecule has 3 rings (SSSR count). The molecule has 0 aliphatic heterocycles. The summed E-state index contributed by atoms with van der Waals surface area (Å²) in [6, 6.07) is 8.07. The van der Waals surface area contributed by atoms with Crippen LogP contribution in [-0.4, -0.2) is 22.9 Å². The highest BCUT2D eigenvalue weighted by Crippen LogP contribution is 2.43. The van der Waals surface area contributed by atoms with Gasteiger partial charge in [-0.2, -0.15) is 0 Å². The average Bonchev–Trinajstić information content (AvgIpc) is 3.27. The zero-order valence-electron chi connectivity index (χ0n) is 17.7. The fourth-order valence-corrected chi connectivity index (χ4v) is 4.02. The Morgan fingerprint density at radius 1 is 1.11 bits per heavy atom. The van der Waals surface area contributed by atoms with Crippen molar-refractivity contribution in [1.82, 2.24) is 9.55 Å². The van der Waals surface area contributed by atoms with Crippen LogP contribution in [0.5, 0.6) is 5.75 Å². The fourth-order valence-electron chi connectivity index (χ4n) is 3.19. The van der Waals surface area contributed by atoms with Gasteiger partial charge in [-0.05, 0) is 34.6 Å². The van der Waals surface area contributed by atoms with E-state index in [2.05, 4.69) is 53.7 Å². The van der Waals surface area contributed by atoms with Crippen LogP contribution >= 0.6 is 11.3 Å². The highest BCUT2D eigenvalue weighted by atomic mass is 32.1. The minimum absolute atomic E-state index is 0.00495. The van der Waals surface area contributed by atoms with Gasteiger partial charge in [-0.3, -0.25) is 9.36 Å². The first kappa shape index (κ1) is 20.3. The molecule has 0 saturated heterocycles. The van der Waals surface area contributed by atoms with Gasteiger partial charge in [0.05, 0.1) is 18.5 Å². The second-order valence-electron chi connectivity index (χ2n) is 9.04. The molecule has 0 bridgehead atoms. The first-order valence-electron chi connectivity index (χ1n) is 9.38. The van der Waals surface area contributed by atoms with E-state index in [1.807, 2.05) is 22.2 Å². The number of carbonyl (C=O) groups excluding carboxylic acids is 1. The van der Waals surface area contributed by atoms with E-state index in [9.17, 15) is 4.79 Å². The van der Waals surface area contributed by atoms with Crippen LogP contribution in [0.15, 0.2) is 35.8 Å². The van der Waals surface area contributed by atoms with Crippen molar-refractivity contribution in [3.05, 3.63) is 52.7 Å². The SMILES string of the molecule is COc1c(-c2csc(-n3cccc3C=O)n2)cc(C(C)(C)C)cc1C(C)(C)C. The molecule has 0 amide bonds. The van der Waals surface area contributed by atoms with Crippen LogP contribution < -0.4 is 4.74 Å². The predicted octanol–water partition coefficient (Wildman–Crippen LogP) is 6.02. The maximum absolute atomic E-state index is 11.3. The van der Waals surface area contributed by atoms with Crippen LogP contribution in [0.2, 0.25) is 0 Å². The van der Waals surface area contributed by atoms with Crippen molar-refractivity contribution < 1.29 is 9.53 Å². The van der Waals surface area contributed by atoms with Crippen molar-refractivity contribution in [1.29, 1.82) is 0 Å². The lowest BCUT2D eigenvalue weighted by atomic mass is 9.78. The van der Waals surface area contributed by atoms with Gasteiger partial charge in [0.25, 0.3) is 0 Å². The summed E-state index contributed by atoms with van der Waals surface area (Å²) in [5, 5.41) is 2.79. The zero-order valence-corrected chi connectivity index (χ0v) is 18.5. The molecule has 5 heteroatoms. The quantitative estimate of drug-likeness (QED) is 0.507. The Morgan fingerprint density at radius 3 is 2.39 bits per heavy atom. The van der Waals surface area contributed by atoms with Crippen LogP contribution in [0.25, 0.3) is 16.4 Å². The fraction of sp³-hybridized carbons (Fsp3) is 0.391. The molecular formula is C23H28N2O2S. The van der Waals surface area contributed by atoms with Crippen molar-refractivity contribution in [3.63, 3.8) is 0 Å². The van der Waals surface area contributed by atoms with Crippen molar-refractivity contribution >= 4 is 17.6 Å². The second kappa shape index (κ2) is 7.21. The first-order valence-corrected chi connectivity index (χ1v) is 10.3. The van der Waals surface area contributed by atoms with Crippen LogP contribution in [-0.2, 0) is 10.8 Å². The summed E-state index contributed by atoms with van der Waals surface area (Å²) >= 11 is 1.51. The Labute approximate surface area is 171 Å². The molecule has 4 nitrogen and oxygen atoms in total. The van der Waals surface area contributed by atoms with E-state index in [-0.39, 0.29) is 10.8 Å². The lowest BCUT2D eigenvalue weighted by Crippen LogP contribution is -2.18. The van der Waals surface area contributed by atoms with Gasteiger partial charge in [0.15, 0.2) is 11.4 Å². The normalized spacial score (nSPS) is 12.2. The number of thiazole rings is 1. The predicted molar refractivity (Wildman–Crippen MR) is 116 cm³/mol. The monoisotopic (exact) mass is 396 g/mol. The van der Waals surface area contributed by atoms with Crippen molar-refractivity contribution in [2.24, 2.45) is 0 Å². The molecule has 0 unspecified atom stereocenters. The van der Waals surface area contributed by atoms with Gasteiger partial charge in [-0.15, -0.1) is 11.3 Å². The van der Waals surface area contributed by atoms with Gasteiger partial charge < -0.3 is 4.74 Å². The van der Waals surface area contributed by atoms with Gasteiger partial charge in [0.1, 0.15) is 5.75 Å². The van der Waals surface area contributed by atoms with Crippen LogP contribution in [0, 0.1) is 0 Å². The van der Waals surface area contributed by atoms with E-state index >= 15 is 0 Å². The molecule has 0 aliphatic rings. The van der Waals surface area contributed by atoms with E-state index < -0.39 is 0 Å². The minimum atomic E-state index is -0.0642. The number of rotatable bonds is 4. The van der Waals surface area contributed by atoms with Gasteiger partial charge >= 0.3 is 0 Å². The maximum Gasteiger partial charge on any atom is 0.194 e. The topological polar surface area (TPSA) is 44.1 Å². The molecule has 1 aromatic carbocycles. The summed E-state index contributed by atoms with van der Waals surface area (Å²) in [6.07, 6.45) is 2.70. The van der Waals surface area contributed by atoms with E-state index in [4.69, 9.17) is 9.72 Å². The lowest BCUT2D eigenvalue weighted by molar-refractivity contribution is 0.111. The first-order chi connectivity index (χ1) is 13.1. The number of aldehydes is 1. The van der Waals surface area contributed by atoms with Gasteiger partial charge in [-0.25, -0.2) is 4.98 Å². The number of ether oxygens (including phenoxy) is 1. The van der Waals surface area contributed by atoms with Gasteiger partial charge in [-0.1, -0.05) is 47.6 Å². The summed E-state index contributed by atoms with van der Waals surface area (Å²) in [4.78, 5) is 16.1. The summed E-state index contributed by atoms with van der Waals surface area (Å²) < 4.78 is 7.68. The molecule has 2 aromatic heterocycles. The van der Waals surface area contributed by atoms with E-state index in [1.54, 1.807) is 13.2 Å². The molecule has 148 valence electrons. The summed E-state index contributed by atoms with van der Waals surface area (Å²) in [7, 11) is 1.72. The van der Waals surface area contributed by atoms with Gasteiger partial charge in [0.2, 0.25) is 0 Å². The number of benzene rings is 1. The molecule has 0 saturated carbocycles. The molecule has 0 aliphatic carbocycles. The molecule has 0 N–H and O–H groups in total. The van der Waals surface area contributed by atoms with Crippen LogP contribution in [0.4, 0.5) is 0 Å². The number of methoxy groups -OCH3 is 1. The number of hydrogen-bond acceptors (Lipinski definition) is 4. The third-order valence-corrected chi connectivity index (χ3v) is 5.68. The standard InChI is InChI=1S/C23H28N2O2S/c1-22(2,3)15-11-17(20(27-7)18(12-15)23(4,5)6)19-14-28-21(24-19)25-10-8-9-16(25)13-26/h8-14H,1-7H3. The third-order valence-electron chi connectivity index (χ3n) is 4.84. The minimum Gasteiger partial charge on any atom is -0.496 e. The van der Waals surface area contributed by atoms with E-state index in [1.165, 1.54) is 22.5 Å². The second-order valence-corrected chi connectivity index (χ2v) is 9.88. The molecule has 28 heavy (non-hydrogen) atoms. The van der Waals surface area contributed by atoms with Gasteiger partial charge in [0, 0.05) is 22.7 Å². The summed E-state index contributed by atoms with van der Waals surface area (Å²) in [5.41, 5.74) is 4.79. The zero-order chi connectivity index (χ0) is 20.7. The summed E-state index contributed by atoms with van der Waals surface area (Å²) in [6.45, 7) is 13.2. The summed E-state index contributed by atoms with van der Waals surface area (Å²) in [5.74, 6) is 0.862. The number of hydrogen-bond donors (Lipinski definition) is 0. The number of carbonyl (C=O) groups is 1. The lowest BCUT2D eigenvalue weighted by Gasteiger charge is -2.28. The maximum atomic E-state index is 11.3. The van der Waals surface area contributed by atoms with E-state index in [0.29, 0.717) is 5.69 Å². The highest BCUT2D eigenvalue weighted by molar-refractivity contribution is 7.12. The Bertz CT molecular complexity index is 1000. The molecule has 0 radical (unpaired) electrons. The van der Waals surface area contributed by atoms with Crippen LogP contribution in [0.1, 0.15) is 63.2 Å². The highest BCUT2D eigenvalue weighted by Gasteiger charge is 2.27. The Morgan fingerprint density at radius 2 is 1.82 bits per heavy atom. The molecule has 0 atom stereocenters. The van der Waals surface area contributed by atoms with E-state index in [0.717, 1.165) is 28.4 Å². The third kappa shape index (κ3) is 3.76. The van der Waals surface area contributed by atoms with Crippen molar-refractivity contribution in [3.8, 4) is 22.1 Å². The Kier molecular flexibility index (Phi) is 5.24. The molecule has 2 heterocycles. The van der Waals surface area contributed by atoms with Crippen molar-refractivity contribution in [2.45, 2.75) is 52.4 Å². The molecular weight excluding hydrogens is 368 g/mol. The van der Waals surface area contributed by atoms with Crippen LogP contribution in [0.3, 0.4) is 0 Å². The Hall–Kier alpha value is -2.40. The molecule has 3 aromatic rings. The smallest absolute Gasteiger partial charge is 0.194 e. The largest absolute Gasteiger partial charge is 0.496 e. The number of aromatic nitrogens is 2. The Balaban J connectivity index is 2.22. The molecule has 0 fully saturated rings.